The van der Waals surface area contributed by atoms with Gasteiger partial charge in [0.2, 0.25) is 0 Å². The number of nitro groups is 1. The minimum absolute atomic E-state index is 0.0536. The topological polar surface area (TPSA) is 89.4 Å². The third-order valence-corrected chi connectivity index (χ3v) is 3.66. The molecule has 0 saturated carbocycles. The molecule has 5 nitrogen and oxygen atoms in total. The van der Waals surface area contributed by atoms with Crippen LogP contribution in [-0.2, 0) is 5.75 Å². The standard InChI is InChI=1S/C11H16N2O3S/c1-8(4-5-14)17-7-9-2-3-11(13(15)16)10(12)6-9/h2-3,6,8,14H,4-5,7,12H2,1H3. The first-order chi connectivity index (χ1) is 8.04. The van der Waals surface area contributed by atoms with Crippen LogP contribution in [0.2, 0.25) is 0 Å². The van der Waals surface area contributed by atoms with Crippen LogP contribution in [0.4, 0.5) is 11.4 Å². The van der Waals surface area contributed by atoms with Crippen molar-refractivity contribution in [1.29, 1.82) is 0 Å². The normalized spacial score (nSPS) is 12.4. The van der Waals surface area contributed by atoms with E-state index in [9.17, 15) is 10.1 Å². The third kappa shape index (κ3) is 4.24. The van der Waals surface area contributed by atoms with Crippen molar-refractivity contribution in [2.45, 2.75) is 24.3 Å². The number of nitrogens with two attached hydrogens (primary N) is 1. The van der Waals surface area contributed by atoms with Crippen LogP contribution < -0.4 is 5.73 Å². The summed E-state index contributed by atoms with van der Waals surface area (Å²) in [7, 11) is 0. The summed E-state index contributed by atoms with van der Waals surface area (Å²) in [6.07, 6.45) is 0.743. The number of nitrogens with zero attached hydrogens (tertiary/aromatic N) is 1. The zero-order valence-corrected chi connectivity index (χ0v) is 10.4. The molecule has 6 heteroatoms. The molecule has 1 rings (SSSR count). The van der Waals surface area contributed by atoms with E-state index in [1.807, 2.05) is 6.92 Å². The van der Waals surface area contributed by atoms with Crippen molar-refractivity contribution < 1.29 is 10.0 Å². The first kappa shape index (κ1) is 13.8. The SMILES string of the molecule is CC(CCO)SCc1ccc([N+](=O)[O-])c(N)c1. The summed E-state index contributed by atoms with van der Waals surface area (Å²) < 4.78 is 0. The van der Waals surface area contributed by atoms with Gasteiger partial charge in [0, 0.05) is 23.7 Å². The van der Waals surface area contributed by atoms with Gasteiger partial charge in [-0.2, -0.15) is 11.8 Å². The molecule has 0 amide bonds. The Labute approximate surface area is 104 Å². The zero-order chi connectivity index (χ0) is 12.8. The van der Waals surface area contributed by atoms with E-state index in [0.29, 0.717) is 5.25 Å². The summed E-state index contributed by atoms with van der Waals surface area (Å²) in [5, 5.41) is 19.7. The number of hydrogen-bond donors (Lipinski definition) is 2. The molecule has 3 N–H and O–H groups in total. The van der Waals surface area contributed by atoms with Crippen LogP contribution in [-0.4, -0.2) is 21.9 Å². The summed E-state index contributed by atoms with van der Waals surface area (Å²) in [4.78, 5) is 10.1. The molecule has 1 aromatic carbocycles. The lowest BCUT2D eigenvalue weighted by Gasteiger charge is -2.09. The molecular weight excluding hydrogens is 240 g/mol. The smallest absolute Gasteiger partial charge is 0.292 e. The molecule has 1 aromatic rings. The van der Waals surface area contributed by atoms with Crippen molar-refractivity contribution in [2.24, 2.45) is 0 Å². The fourth-order valence-corrected chi connectivity index (χ4v) is 2.29. The number of aliphatic hydroxyl groups is 1. The molecule has 0 spiro atoms. The number of benzene rings is 1. The van der Waals surface area contributed by atoms with Gasteiger partial charge in [-0.1, -0.05) is 13.0 Å². The average Bonchev–Trinajstić information content (AvgIpc) is 2.26. The fraction of sp³-hybridized carbons (Fsp3) is 0.455. The molecular formula is C11H16N2O3S. The molecule has 17 heavy (non-hydrogen) atoms. The maximum atomic E-state index is 10.6. The number of nitro benzene ring substituents is 1. The molecule has 94 valence electrons. The highest BCUT2D eigenvalue weighted by molar-refractivity contribution is 7.99. The second kappa shape index (κ2) is 6.46. The first-order valence-corrected chi connectivity index (χ1v) is 6.34. The largest absolute Gasteiger partial charge is 0.396 e. The number of rotatable bonds is 6. The quantitative estimate of drug-likeness (QED) is 0.462. The van der Waals surface area contributed by atoms with Crippen LogP contribution in [0.25, 0.3) is 0 Å². The highest BCUT2D eigenvalue weighted by Crippen LogP contribution is 2.26. The van der Waals surface area contributed by atoms with Gasteiger partial charge in [-0.15, -0.1) is 0 Å². The van der Waals surface area contributed by atoms with E-state index in [0.717, 1.165) is 17.7 Å². The zero-order valence-electron chi connectivity index (χ0n) is 9.63. The van der Waals surface area contributed by atoms with Crippen LogP contribution >= 0.6 is 11.8 Å². The van der Waals surface area contributed by atoms with E-state index in [4.69, 9.17) is 10.8 Å². The van der Waals surface area contributed by atoms with Gasteiger partial charge in [0.15, 0.2) is 0 Å². The van der Waals surface area contributed by atoms with Crippen LogP contribution in [0.1, 0.15) is 18.9 Å². The van der Waals surface area contributed by atoms with E-state index in [1.165, 1.54) is 6.07 Å². The number of nitrogen functional groups attached to an aromatic ring is 1. The van der Waals surface area contributed by atoms with Gasteiger partial charge >= 0.3 is 0 Å². The first-order valence-electron chi connectivity index (χ1n) is 5.30. The third-order valence-electron chi connectivity index (χ3n) is 2.36. The van der Waals surface area contributed by atoms with Crippen molar-refractivity contribution in [2.75, 3.05) is 12.3 Å². The van der Waals surface area contributed by atoms with Crippen molar-refractivity contribution in [3.63, 3.8) is 0 Å². The molecule has 0 radical (unpaired) electrons. The van der Waals surface area contributed by atoms with E-state index >= 15 is 0 Å². The molecule has 0 aliphatic carbocycles. The van der Waals surface area contributed by atoms with Crippen molar-refractivity contribution in [3.05, 3.63) is 33.9 Å². The number of thioether (sulfide) groups is 1. The summed E-state index contributed by atoms with van der Waals surface area (Å²) in [6, 6.07) is 4.78. The Morgan fingerprint density at radius 3 is 2.82 bits per heavy atom. The van der Waals surface area contributed by atoms with Gasteiger partial charge in [0.1, 0.15) is 5.69 Å². The molecule has 1 unspecified atom stereocenters. The molecule has 0 aliphatic rings. The Balaban J connectivity index is 2.62. The van der Waals surface area contributed by atoms with Crippen molar-refractivity contribution >= 4 is 23.1 Å². The van der Waals surface area contributed by atoms with Crippen LogP contribution in [0.15, 0.2) is 18.2 Å². The Morgan fingerprint density at radius 2 is 2.29 bits per heavy atom. The van der Waals surface area contributed by atoms with E-state index in [2.05, 4.69) is 0 Å². The number of aliphatic hydroxyl groups excluding tert-OH is 1. The van der Waals surface area contributed by atoms with Gasteiger partial charge in [-0.05, 0) is 18.1 Å². The molecule has 0 heterocycles. The minimum atomic E-state index is -0.485. The predicted molar refractivity (Wildman–Crippen MR) is 70.0 cm³/mol. The summed E-state index contributed by atoms with van der Waals surface area (Å²) in [5.41, 5.74) is 6.70. The summed E-state index contributed by atoms with van der Waals surface area (Å²) >= 11 is 1.69. The summed E-state index contributed by atoms with van der Waals surface area (Å²) in [6.45, 7) is 2.21. The van der Waals surface area contributed by atoms with E-state index in [1.54, 1.807) is 23.9 Å². The maximum absolute atomic E-state index is 10.6. The lowest BCUT2D eigenvalue weighted by molar-refractivity contribution is -0.383. The van der Waals surface area contributed by atoms with E-state index < -0.39 is 4.92 Å². The van der Waals surface area contributed by atoms with Gasteiger partial charge in [0.25, 0.3) is 5.69 Å². The molecule has 0 fully saturated rings. The highest BCUT2D eigenvalue weighted by atomic mass is 32.2. The highest BCUT2D eigenvalue weighted by Gasteiger charge is 2.11. The minimum Gasteiger partial charge on any atom is -0.396 e. The van der Waals surface area contributed by atoms with Gasteiger partial charge in [-0.25, -0.2) is 0 Å². The Hall–Kier alpha value is -1.27. The van der Waals surface area contributed by atoms with Gasteiger partial charge in [-0.3, -0.25) is 10.1 Å². The van der Waals surface area contributed by atoms with Gasteiger partial charge in [0.05, 0.1) is 4.92 Å². The van der Waals surface area contributed by atoms with Crippen LogP contribution in [0, 0.1) is 10.1 Å². The van der Waals surface area contributed by atoms with Crippen LogP contribution in [0.5, 0.6) is 0 Å². The number of hydrogen-bond acceptors (Lipinski definition) is 5. The molecule has 0 bridgehead atoms. The Morgan fingerprint density at radius 1 is 1.59 bits per heavy atom. The molecule has 0 aliphatic heterocycles. The summed E-state index contributed by atoms with van der Waals surface area (Å²) in [5.74, 6) is 0.739. The Kier molecular flexibility index (Phi) is 5.24. The number of anilines is 1. The molecule has 0 aromatic heterocycles. The van der Waals surface area contributed by atoms with Crippen molar-refractivity contribution in [3.8, 4) is 0 Å². The fourth-order valence-electron chi connectivity index (χ4n) is 1.36. The second-order valence-electron chi connectivity index (χ2n) is 3.78. The lowest BCUT2D eigenvalue weighted by Crippen LogP contribution is -2.01. The van der Waals surface area contributed by atoms with Gasteiger partial charge < -0.3 is 10.8 Å². The maximum Gasteiger partial charge on any atom is 0.292 e. The van der Waals surface area contributed by atoms with Crippen molar-refractivity contribution in [1.82, 2.24) is 0 Å². The predicted octanol–water partition coefficient (Wildman–Crippen LogP) is 2.18. The lowest BCUT2D eigenvalue weighted by atomic mass is 10.2. The molecule has 1 atom stereocenters. The Bertz CT molecular complexity index is 398. The average molecular weight is 256 g/mol. The monoisotopic (exact) mass is 256 g/mol. The second-order valence-corrected chi connectivity index (χ2v) is 5.21. The van der Waals surface area contributed by atoms with Crippen LogP contribution in [0.3, 0.4) is 0 Å². The molecule has 0 saturated heterocycles. The van der Waals surface area contributed by atoms with E-state index in [-0.39, 0.29) is 18.0 Å².